The second-order valence-corrected chi connectivity index (χ2v) is 9.23. The third kappa shape index (κ3) is 7.43. The second kappa shape index (κ2) is 13.1. The zero-order valence-electron chi connectivity index (χ0n) is 22.0. The van der Waals surface area contributed by atoms with E-state index in [0.29, 0.717) is 35.8 Å². The van der Waals surface area contributed by atoms with Crippen LogP contribution in [0, 0.1) is 5.92 Å². The number of ether oxygens (including phenoxy) is 3. The minimum atomic E-state index is -0.435. The molecule has 3 rings (SSSR count). The van der Waals surface area contributed by atoms with Crippen molar-refractivity contribution in [2.24, 2.45) is 5.92 Å². The Balaban J connectivity index is 1.88. The molecule has 200 valence electrons. The third-order valence-corrected chi connectivity index (χ3v) is 6.32. The smallest absolute Gasteiger partial charge is 0.323 e. The maximum Gasteiger partial charge on any atom is 0.323 e. The summed E-state index contributed by atoms with van der Waals surface area (Å²) in [5.41, 5.74) is 1.38. The number of para-hydroxylation sites is 1. The number of rotatable bonds is 5. The van der Waals surface area contributed by atoms with Crippen LogP contribution in [-0.2, 0) is 14.3 Å². The van der Waals surface area contributed by atoms with Gasteiger partial charge >= 0.3 is 6.03 Å². The Morgan fingerprint density at radius 2 is 1.73 bits per heavy atom. The van der Waals surface area contributed by atoms with Crippen molar-refractivity contribution in [3.8, 4) is 5.75 Å². The van der Waals surface area contributed by atoms with Gasteiger partial charge in [-0.05, 0) is 37.3 Å². The maximum absolute atomic E-state index is 13.5. The summed E-state index contributed by atoms with van der Waals surface area (Å²) in [6, 6.07) is 13.2. The molecule has 37 heavy (non-hydrogen) atoms. The number of nitrogens with zero attached hydrogens (tertiary/aromatic N) is 2. The lowest BCUT2D eigenvalue weighted by atomic mass is 10.0. The highest BCUT2D eigenvalue weighted by atomic mass is 16.5. The summed E-state index contributed by atoms with van der Waals surface area (Å²) >= 11 is 0. The first-order chi connectivity index (χ1) is 17.7. The number of carbonyl (C=O) groups excluding carboxylic acids is 3. The van der Waals surface area contributed by atoms with E-state index in [-0.39, 0.29) is 43.1 Å². The number of fused-ring (bicyclic) bond motifs is 1. The molecular formula is C27H36N4O6. The van der Waals surface area contributed by atoms with Crippen LogP contribution in [0.15, 0.2) is 48.5 Å². The van der Waals surface area contributed by atoms with E-state index in [1.807, 2.05) is 32.0 Å². The van der Waals surface area contributed by atoms with Gasteiger partial charge in [-0.2, -0.15) is 0 Å². The molecule has 2 aromatic carbocycles. The Labute approximate surface area is 217 Å². The first-order valence-electron chi connectivity index (χ1n) is 12.2. The molecule has 0 radical (unpaired) electrons. The van der Waals surface area contributed by atoms with Gasteiger partial charge in [-0.1, -0.05) is 25.1 Å². The molecule has 0 saturated heterocycles. The lowest BCUT2D eigenvalue weighted by molar-refractivity contribution is -0.139. The molecule has 0 bridgehead atoms. The van der Waals surface area contributed by atoms with Crippen LogP contribution in [0.2, 0.25) is 0 Å². The number of carbonyl (C=O) groups is 3. The fourth-order valence-electron chi connectivity index (χ4n) is 4.22. The Bertz CT molecular complexity index is 1080. The second-order valence-electron chi connectivity index (χ2n) is 9.23. The van der Waals surface area contributed by atoms with E-state index in [2.05, 4.69) is 10.6 Å². The molecule has 10 heteroatoms. The molecule has 3 atom stereocenters. The van der Waals surface area contributed by atoms with E-state index in [4.69, 9.17) is 14.2 Å². The number of urea groups is 1. The lowest BCUT2D eigenvalue weighted by Gasteiger charge is -2.36. The number of methoxy groups -OCH3 is 2. The quantitative estimate of drug-likeness (QED) is 0.636. The molecule has 0 saturated carbocycles. The molecule has 0 spiro atoms. The first kappa shape index (κ1) is 27.9. The number of amides is 4. The van der Waals surface area contributed by atoms with Crippen LogP contribution in [0.1, 0.15) is 24.2 Å². The summed E-state index contributed by atoms with van der Waals surface area (Å²) in [6.45, 7) is 4.75. The molecule has 4 amide bonds. The summed E-state index contributed by atoms with van der Waals surface area (Å²) in [5, 5.41) is 5.52. The Morgan fingerprint density at radius 3 is 2.41 bits per heavy atom. The van der Waals surface area contributed by atoms with Gasteiger partial charge in [0.05, 0.1) is 17.7 Å². The zero-order chi connectivity index (χ0) is 26.9. The topological polar surface area (TPSA) is 109 Å². The number of likely N-dealkylation sites (N-methyl/N-ethyl adjacent to an activating group) is 1. The van der Waals surface area contributed by atoms with Crippen molar-refractivity contribution in [3.63, 3.8) is 0 Å². The van der Waals surface area contributed by atoms with Gasteiger partial charge < -0.3 is 34.6 Å². The van der Waals surface area contributed by atoms with Gasteiger partial charge in [-0.25, -0.2) is 4.79 Å². The summed E-state index contributed by atoms with van der Waals surface area (Å²) in [4.78, 5) is 42.1. The third-order valence-electron chi connectivity index (χ3n) is 6.32. The molecule has 0 fully saturated rings. The average Bonchev–Trinajstić information content (AvgIpc) is 2.88. The van der Waals surface area contributed by atoms with Crippen LogP contribution < -0.4 is 15.4 Å². The fourth-order valence-corrected chi connectivity index (χ4v) is 4.22. The normalized spacial score (nSPS) is 20.7. The van der Waals surface area contributed by atoms with Crippen molar-refractivity contribution in [2.45, 2.75) is 26.0 Å². The molecule has 1 aliphatic rings. The number of benzene rings is 2. The van der Waals surface area contributed by atoms with Crippen LogP contribution in [0.5, 0.6) is 5.75 Å². The molecule has 0 unspecified atom stereocenters. The summed E-state index contributed by atoms with van der Waals surface area (Å²) < 4.78 is 16.8. The van der Waals surface area contributed by atoms with Gasteiger partial charge in [0, 0.05) is 51.6 Å². The van der Waals surface area contributed by atoms with Crippen molar-refractivity contribution in [3.05, 3.63) is 54.1 Å². The van der Waals surface area contributed by atoms with E-state index in [9.17, 15) is 14.4 Å². The highest BCUT2D eigenvalue weighted by Gasteiger charge is 2.30. The van der Waals surface area contributed by atoms with Crippen LogP contribution in [-0.4, -0.2) is 87.4 Å². The molecule has 1 aliphatic heterocycles. The summed E-state index contributed by atoms with van der Waals surface area (Å²) in [6.07, 6.45) is -0.305. The number of nitrogens with one attached hydrogen (secondary N) is 2. The van der Waals surface area contributed by atoms with Crippen molar-refractivity contribution >= 4 is 29.2 Å². The van der Waals surface area contributed by atoms with Gasteiger partial charge in [-0.15, -0.1) is 0 Å². The fraction of sp³-hybridized carbons (Fsp3) is 0.444. The maximum atomic E-state index is 13.5. The molecular weight excluding hydrogens is 476 g/mol. The van der Waals surface area contributed by atoms with E-state index in [1.165, 1.54) is 7.11 Å². The van der Waals surface area contributed by atoms with Crippen LogP contribution >= 0.6 is 0 Å². The summed E-state index contributed by atoms with van der Waals surface area (Å²) in [7, 11) is 4.77. The SMILES string of the molecule is COCC(=O)N1C[C@@H](C)[C@H](OC)CN(C)C(=O)c2cc(NC(=O)Nc3ccccc3)ccc2OC[C@@H]1C. The lowest BCUT2D eigenvalue weighted by Crippen LogP contribution is -2.49. The standard InChI is InChI=1S/C27H36N4O6/c1-18-14-31(25(32)17-35-4)19(2)16-37-23-12-11-21(29-27(34)28-20-9-7-6-8-10-20)13-22(23)26(33)30(3)15-24(18)36-5/h6-13,18-19,24H,14-17H2,1-5H3,(H2,28,29,34)/t18-,19+,24-/m1/s1. The molecule has 10 nitrogen and oxygen atoms in total. The number of hydrogen-bond donors (Lipinski definition) is 2. The molecule has 2 N–H and O–H groups in total. The van der Waals surface area contributed by atoms with Gasteiger partial charge in [0.1, 0.15) is 19.0 Å². The molecule has 0 aromatic heterocycles. The Hall–Kier alpha value is -3.63. The number of anilines is 2. The van der Waals surface area contributed by atoms with E-state index >= 15 is 0 Å². The minimum absolute atomic E-state index is 0.0379. The monoisotopic (exact) mass is 512 g/mol. The van der Waals surface area contributed by atoms with E-state index in [0.717, 1.165) is 0 Å². The highest BCUT2D eigenvalue weighted by molar-refractivity contribution is 6.02. The van der Waals surface area contributed by atoms with E-state index < -0.39 is 6.03 Å². The highest BCUT2D eigenvalue weighted by Crippen LogP contribution is 2.26. The van der Waals surface area contributed by atoms with Gasteiger partial charge in [-0.3, -0.25) is 9.59 Å². The van der Waals surface area contributed by atoms with Crippen molar-refractivity contribution in [1.82, 2.24) is 9.80 Å². The predicted molar refractivity (Wildman–Crippen MR) is 141 cm³/mol. The van der Waals surface area contributed by atoms with Gasteiger partial charge in [0.15, 0.2) is 0 Å². The van der Waals surface area contributed by atoms with Crippen molar-refractivity contribution in [2.75, 3.05) is 58.2 Å². The van der Waals surface area contributed by atoms with Crippen LogP contribution in [0.4, 0.5) is 16.2 Å². The summed E-state index contributed by atoms with van der Waals surface area (Å²) in [5.74, 6) is -0.112. The molecule has 1 heterocycles. The predicted octanol–water partition coefficient (Wildman–Crippen LogP) is 3.31. The van der Waals surface area contributed by atoms with Crippen LogP contribution in [0.3, 0.4) is 0 Å². The Kier molecular flexibility index (Phi) is 9.87. The van der Waals surface area contributed by atoms with Gasteiger partial charge in [0.25, 0.3) is 5.91 Å². The molecule has 2 aromatic rings. The largest absolute Gasteiger partial charge is 0.491 e. The van der Waals surface area contributed by atoms with Gasteiger partial charge in [0.2, 0.25) is 5.91 Å². The zero-order valence-corrected chi connectivity index (χ0v) is 22.0. The van der Waals surface area contributed by atoms with Crippen molar-refractivity contribution in [1.29, 1.82) is 0 Å². The Morgan fingerprint density at radius 1 is 1.03 bits per heavy atom. The average molecular weight is 513 g/mol. The van der Waals surface area contributed by atoms with Crippen LogP contribution in [0.25, 0.3) is 0 Å². The van der Waals surface area contributed by atoms with Crippen molar-refractivity contribution < 1.29 is 28.6 Å². The minimum Gasteiger partial charge on any atom is -0.491 e. The molecule has 0 aliphatic carbocycles. The number of hydrogen-bond acceptors (Lipinski definition) is 6. The van der Waals surface area contributed by atoms with E-state index in [1.54, 1.807) is 54.3 Å². The first-order valence-corrected chi connectivity index (χ1v) is 12.2.